The maximum absolute atomic E-state index is 11.9. The fourth-order valence-corrected chi connectivity index (χ4v) is 2.90. The van der Waals surface area contributed by atoms with Crippen molar-refractivity contribution < 1.29 is 4.79 Å². The van der Waals surface area contributed by atoms with Gasteiger partial charge in [-0.3, -0.25) is 4.79 Å². The number of carbonyl (C=O) groups is 1. The highest BCUT2D eigenvalue weighted by atomic mass is 16.2. The summed E-state index contributed by atoms with van der Waals surface area (Å²) in [5.41, 5.74) is 8.65. The topological polar surface area (TPSA) is 49.6 Å². The minimum absolute atomic E-state index is 0.170. The van der Waals surface area contributed by atoms with Gasteiger partial charge in [0.15, 0.2) is 0 Å². The van der Waals surface area contributed by atoms with E-state index in [4.69, 9.17) is 5.73 Å². The molecule has 1 saturated carbocycles. The fraction of sp³-hybridized carbons (Fsp3) is 0.533. The van der Waals surface area contributed by atoms with Crippen LogP contribution in [0.25, 0.3) is 0 Å². The predicted octanol–water partition coefficient (Wildman–Crippen LogP) is 0.955. The van der Waals surface area contributed by atoms with Crippen LogP contribution in [0.15, 0.2) is 24.3 Å². The fourth-order valence-electron chi connectivity index (χ4n) is 2.90. The van der Waals surface area contributed by atoms with E-state index in [1.54, 1.807) is 4.90 Å². The molecule has 19 heavy (non-hydrogen) atoms. The number of rotatable bonds is 3. The Hall–Kier alpha value is -1.55. The Morgan fingerprint density at radius 2 is 2.00 bits per heavy atom. The number of para-hydroxylation sites is 1. The van der Waals surface area contributed by atoms with Gasteiger partial charge in [0, 0.05) is 37.8 Å². The standard InChI is InChI=1S/C15H21N3O/c1-17-8-9-18(10-14(17)19)13-5-3-2-4-12(13)15(11-16)6-7-15/h2-5H,6-11,16H2,1H3. The summed E-state index contributed by atoms with van der Waals surface area (Å²) in [6, 6.07) is 8.43. The number of hydrogen-bond donors (Lipinski definition) is 1. The van der Waals surface area contributed by atoms with E-state index in [0.717, 1.165) is 13.1 Å². The van der Waals surface area contributed by atoms with Crippen molar-refractivity contribution in [3.63, 3.8) is 0 Å². The number of anilines is 1. The molecule has 0 unspecified atom stereocenters. The van der Waals surface area contributed by atoms with E-state index in [9.17, 15) is 4.79 Å². The summed E-state index contributed by atoms with van der Waals surface area (Å²) in [6.45, 7) is 2.88. The molecule has 1 aromatic rings. The molecule has 1 aromatic carbocycles. The lowest BCUT2D eigenvalue weighted by Crippen LogP contribution is -2.49. The average Bonchev–Trinajstić information content (AvgIpc) is 3.23. The molecule has 1 saturated heterocycles. The van der Waals surface area contributed by atoms with Gasteiger partial charge in [-0.05, 0) is 24.5 Å². The molecule has 0 aromatic heterocycles. The Bertz CT molecular complexity index is 496. The first-order valence-electron chi connectivity index (χ1n) is 6.95. The van der Waals surface area contributed by atoms with Gasteiger partial charge < -0.3 is 15.5 Å². The Labute approximate surface area is 114 Å². The molecule has 2 N–H and O–H groups in total. The molecule has 0 atom stereocenters. The molecule has 102 valence electrons. The summed E-state index contributed by atoms with van der Waals surface area (Å²) in [5, 5.41) is 0. The normalized spacial score (nSPS) is 21.7. The summed E-state index contributed by atoms with van der Waals surface area (Å²) in [6.07, 6.45) is 2.34. The number of hydrogen-bond acceptors (Lipinski definition) is 3. The van der Waals surface area contributed by atoms with Gasteiger partial charge in [0.1, 0.15) is 0 Å². The largest absolute Gasteiger partial charge is 0.360 e. The molecule has 0 radical (unpaired) electrons. The lowest BCUT2D eigenvalue weighted by atomic mass is 9.93. The van der Waals surface area contributed by atoms with E-state index >= 15 is 0 Å². The monoisotopic (exact) mass is 259 g/mol. The van der Waals surface area contributed by atoms with Crippen molar-refractivity contribution in [3.05, 3.63) is 29.8 Å². The molecule has 1 amide bonds. The van der Waals surface area contributed by atoms with Crippen molar-refractivity contribution in [2.75, 3.05) is 38.1 Å². The molecule has 2 fully saturated rings. The molecule has 1 aliphatic heterocycles. The van der Waals surface area contributed by atoms with Crippen molar-refractivity contribution in [1.82, 2.24) is 4.90 Å². The first-order chi connectivity index (χ1) is 9.16. The minimum Gasteiger partial charge on any atom is -0.360 e. The first-order valence-corrected chi connectivity index (χ1v) is 6.95. The maximum atomic E-state index is 11.9. The summed E-state index contributed by atoms with van der Waals surface area (Å²) in [5.74, 6) is 0.193. The van der Waals surface area contributed by atoms with E-state index in [1.807, 2.05) is 13.1 Å². The van der Waals surface area contributed by atoms with Crippen molar-refractivity contribution >= 4 is 11.6 Å². The second kappa shape index (κ2) is 4.53. The van der Waals surface area contributed by atoms with Crippen LogP contribution in [0.4, 0.5) is 5.69 Å². The van der Waals surface area contributed by atoms with Gasteiger partial charge in [0.2, 0.25) is 5.91 Å². The predicted molar refractivity (Wildman–Crippen MR) is 76.3 cm³/mol. The molecule has 2 aliphatic rings. The molecule has 0 bridgehead atoms. The van der Waals surface area contributed by atoms with Gasteiger partial charge in [-0.1, -0.05) is 18.2 Å². The number of carbonyl (C=O) groups excluding carboxylic acids is 1. The third-order valence-corrected chi connectivity index (χ3v) is 4.52. The van der Waals surface area contributed by atoms with Gasteiger partial charge >= 0.3 is 0 Å². The van der Waals surface area contributed by atoms with Crippen molar-refractivity contribution in [3.8, 4) is 0 Å². The number of nitrogens with zero attached hydrogens (tertiary/aromatic N) is 2. The Kier molecular flexibility index (Phi) is 2.97. The van der Waals surface area contributed by atoms with Gasteiger partial charge in [-0.15, -0.1) is 0 Å². The van der Waals surface area contributed by atoms with Crippen molar-refractivity contribution in [1.29, 1.82) is 0 Å². The molecule has 3 rings (SSSR count). The van der Waals surface area contributed by atoms with Crippen LogP contribution in [0.1, 0.15) is 18.4 Å². The smallest absolute Gasteiger partial charge is 0.241 e. The van der Waals surface area contributed by atoms with Crippen LogP contribution in [-0.4, -0.2) is 44.0 Å². The van der Waals surface area contributed by atoms with Crippen LogP contribution in [0.2, 0.25) is 0 Å². The second-order valence-electron chi connectivity index (χ2n) is 5.74. The van der Waals surface area contributed by atoms with Crippen LogP contribution >= 0.6 is 0 Å². The first kappa shape index (κ1) is 12.5. The summed E-state index contributed by atoms with van der Waals surface area (Å²) in [7, 11) is 1.87. The lowest BCUT2D eigenvalue weighted by Gasteiger charge is -2.35. The molecular formula is C15H21N3O. The van der Waals surface area contributed by atoms with E-state index in [0.29, 0.717) is 13.1 Å². The molecule has 1 aliphatic carbocycles. The van der Waals surface area contributed by atoms with Crippen LogP contribution in [-0.2, 0) is 10.2 Å². The Balaban J connectivity index is 1.91. The van der Waals surface area contributed by atoms with E-state index in [2.05, 4.69) is 23.1 Å². The van der Waals surface area contributed by atoms with Crippen LogP contribution < -0.4 is 10.6 Å². The van der Waals surface area contributed by atoms with E-state index in [-0.39, 0.29) is 11.3 Å². The van der Waals surface area contributed by atoms with Crippen LogP contribution in [0.5, 0.6) is 0 Å². The summed E-state index contributed by atoms with van der Waals surface area (Å²) >= 11 is 0. The molecule has 1 heterocycles. The third-order valence-electron chi connectivity index (χ3n) is 4.52. The minimum atomic E-state index is 0.170. The zero-order valence-corrected chi connectivity index (χ0v) is 11.4. The quantitative estimate of drug-likeness (QED) is 0.879. The highest BCUT2D eigenvalue weighted by molar-refractivity contribution is 5.83. The zero-order chi connectivity index (χ0) is 13.5. The zero-order valence-electron chi connectivity index (χ0n) is 11.4. The Morgan fingerprint density at radius 1 is 1.26 bits per heavy atom. The van der Waals surface area contributed by atoms with Crippen molar-refractivity contribution in [2.24, 2.45) is 5.73 Å². The maximum Gasteiger partial charge on any atom is 0.241 e. The molecular weight excluding hydrogens is 238 g/mol. The van der Waals surface area contributed by atoms with E-state index in [1.165, 1.54) is 24.1 Å². The van der Waals surface area contributed by atoms with Crippen LogP contribution in [0, 0.1) is 0 Å². The van der Waals surface area contributed by atoms with Gasteiger partial charge in [-0.25, -0.2) is 0 Å². The van der Waals surface area contributed by atoms with Gasteiger partial charge in [0.25, 0.3) is 0 Å². The summed E-state index contributed by atoms with van der Waals surface area (Å²) in [4.78, 5) is 15.9. The SMILES string of the molecule is CN1CCN(c2ccccc2C2(CN)CC2)CC1=O. The molecule has 4 heteroatoms. The molecule has 0 spiro atoms. The highest BCUT2D eigenvalue weighted by Gasteiger charge is 2.45. The third kappa shape index (κ3) is 2.10. The van der Waals surface area contributed by atoms with E-state index < -0.39 is 0 Å². The van der Waals surface area contributed by atoms with Gasteiger partial charge in [-0.2, -0.15) is 0 Å². The number of amides is 1. The highest BCUT2D eigenvalue weighted by Crippen LogP contribution is 2.50. The Morgan fingerprint density at radius 3 is 2.63 bits per heavy atom. The number of piperazine rings is 1. The number of benzene rings is 1. The number of nitrogens with two attached hydrogens (primary N) is 1. The molecule has 4 nitrogen and oxygen atoms in total. The van der Waals surface area contributed by atoms with Gasteiger partial charge in [0.05, 0.1) is 6.54 Å². The number of likely N-dealkylation sites (N-methyl/N-ethyl adjacent to an activating group) is 1. The van der Waals surface area contributed by atoms with Crippen molar-refractivity contribution in [2.45, 2.75) is 18.3 Å². The summed E-state index contributed by atoms with van der Waals surface area (Å²) < 4.78 is 0. The average molecular weight is 259 g/mol. The second-order valence-corrected chi connectivity index (χ2v) is 5.74. The lowest BCUT2D eigenvalue weighted by molar-refractivity contribution is -0.129. The van der Waals surface area contributed by atoms with Crippen LogP contribution in [0.3, 0.4) is 0 Å².